The van der Waals surface area contributed by atoms with E-state index in [4.69, 9.17) is 0 Å². The number of alkyl halides is 3. The largest absolute Gasteiger partial charge is 0.416 e. The SMILES string of the molecule is CC(C)N1CCC[C@H](N(Cc2ccc(N(C)c3ccncc3)cc2)C(=O)/C=C/c2ccc(C(F)(F)F)cc2)C1. The highest BCUT2D eigenvalue weighted by atomic mass is 19.4. The van der Waals surface area contributed by atoms with Crippen molar-refractivity contribution in [1.82, 2.24) is 14.8 Å². The Labute approximate surface area is 228 Å². The molecule has 39 heavy (non-hydrogen) atoms. The lowest BCUT2D eigenvalue weighted by molar-refractivity contribution is -0.137. The molecule has 0 radical (unpaired) electrons. The number of halogens is 3. The molecule has 0 N–H and O–H groups in total. The van der Waals surface area contributed by atoms with Crippen LogP contribution in [-0.2, 0) is 17.5 Å². The minimum atomic E-state index is -4.39. The summed E-state index contributed by atoms with van der Waals surface area (Å²) in [4.78, 5) is 23.9. The Balaban J connectivity index is 1.52. The molecule has 0 aliphatic carbocycles. The van der Waals surface area contributed by atoms with Crippen LogP contribution < -0.4 is 4.90 Å². The van der Waals surface area contributed by atoms with Gasteiger partial charge in [-0.15, -0.1) is 0 Å². The van der Waals surface area contributed by atoms with Gasteiger partial charge in [0.05, 0.1) is 5.56 Å². The van der Waals surface area contributed by atoms with Crippen LogP contribution in [0.4, 0.5) is 24.5 Å². The van der Waals surface area contributed by atoms with Crippen molar-refractivity contribution in [3.05, 3.63) is 95.8 Å². The van der Waals surface area contributed by atoms with E-state index < -0.39 is 11.7 Å². The van der Waals surface area contributed by atoms with Gasteiger partial charge in [0.15, 0.2) is 0 Å². The summed E-state index contributed by atoms with van der Waals surface area (Å²) in [7, 11) is 1.99. The molecule has 0 bridgehead atoms. The van der Waals surface area contributed by atoms with E-state index in [1.54, 1.807) is 18.5 Å². The third-order valence-corrected chi connectivity index (χ3v) is 7.27. The number of carbonyl (C=O) groups excluding carboxylic acids is 1. The van der Waals surface area contributed by atoms with Gasteiger partial charge < -0.3 is 9.80 Å². The number of amides is 1. The Kier molecular flexibility index (Phi) is 9.07. The topological polar surface area (TPSA) is 39.7 Å². The normalized spacial score (nSPS) is 16.5. The lowest BCUT2D eigenvalue weighted by Gasteiger charge is -2.41. The lowest BCUT2D eigenvalue weighted by atomic mass is 10.0. The number of aromatic nitrogens is 1. The fourth-order valence-corrected chi connectivity index (χ4v) is 4.88. The second-order valence-corrected chi connectivity index (χ2v) is 10.2. The fourth-order valence-electron chi connectivity index (χ4n) is 4.88. The number of piperidine rings is 1. The predicted octanol–water partition coefficient (Wildman–Crippen LogP) is 6.78. The van der Waals surface area contributed by atoms with E-state index in [1.807, 2.05) is 48.3 Å². The molecule has 2 heterocycles. The van der Waals surface area contributed by atoms with Crippen LogP contribution in [0.3, 0.4) is 0 Å². The number of likely N-dealkylation sites (tertiary alicyclic amines) is 1. The minimum absolute atomic E-state index is 0.0464. The zero-order valence-electron chi connectivity index (χ0n) is 22.6. The highest BCUT2D eigenvalue weighted by Gasteiger charge is 2.30. The Bertz CT molecular complexity index is 1240. The summed E-state index contributed by atoms with van der Waals surface area (Å²) in [6, 6.07) is 17.3. The van der Waals surface area contributed by atoms with E-state index in [0.29, 0.717) is 18.2 Å². The molecule has 0 unspecified atom stereocenters. The van der Waals surface area contributed by atoms with Gasteiger partial charge in [-0.3, -0.25) is 14.7 Å². The minimum Gasteiger partial charge on any atom is -0.345 e. The number of hydrogen-bond donors (Lipinski definition) is 0. The number of rotatable bonds is 8. The zero-order valence-corrected chi connectivity index (χ0v) is 22.6. The highest BCUT2D eigenvalue weighted by molar-refractivity contribution is 5.92. The number of carbonyl (C=O) groups is 1. The van der Waals surface area contributed by atoms with Gasteiger partial charge in [-0.05, 0) is 86.8 Å². The fraction of sp³-hybridized carbons (Fsp3) is 0.355. The standard InChI is InChI=1S/C31H35F3N4O/c1-23(2)37-20-4-5-29(22-37)38(30(39)15-10-24-6-11-26(12-7-24)31(32,33)34)21-25-8-13-27(14-9-25)36(3)28-16-18-35-19-17-28/h6-19,23,29H,4-5,20-22H2,1-3H3/b15-10+/t29-/m0/s1. The number of nitrogens with zero attached hydrogens (tertiary/aromatic N) is 4. The van der Waals surface area contributed by atoms with Crippen LogP contribution in [0, 0.1) is 0 Å². The second kappa shape index (κ2) is 12.5. The summed E-state index contributed by atoms with van der Waals surface area (Å²) in [5, 5.41) is 0. The van der Waals surface area contributed by atoms with Crippen LogP contribution in [0.2, 0.25) is 0 Å². The van der Waals surface area contributed by atoms with Gasteiger partial charge in [-0.25, -0.2) is 0 Å². The Morgan fingerprint density at radius 1 is 1.03 bits per heavy atom. The van der Waals surface area contributed by atoms with Crippen molar-refractivity contribution in [3.63, 3.8) is 0 Å². The Morgan fingerprint density at radius 3 is 2.28 bits per heavy atom. The monoisotopic (exact) mass is 536 g/mol. The van der Waals surface area contributed by atoms with Gasteiger partial charge in [0.1, 0.15) is 0 Å². The molecule has 3 aromatic rings. The van der Waals surface area contributed by atoms with E-state index in [2.05, 4.69) is 28.6 Å². The molecule has 1 aromatic heterocycles. The van der Waals surface area contributed by atoms with E-state index in [1.165, 1.54) is 18.2 Å². The van der Waals surface area contributed by atoms with E-state index in [9.17, 15) is 18.0 Å². The highest BCUT2D eigenvalue weighted by Crippen LogP contribution is 2.29. The van der Waals surface area contributed by atoms with Crippen molar-refractivity contribution in [3.8, 4) is 0 Å². The predicted molar refractivity (Wildman–Crippen MR) is 150 cm³/mol. The molecule has 1 aliphatic heterocycles. The van der Waals surface area contributed by atoms with Crippen molar-refractivity contribution >= 4 is 23.4 Å². The molecule has 206 valence electrons. The number of anilines is 2. The molecule has 1 atom stereocenters. The van der Waals surface area contributed by atoms with Gasteiger partial charge >= 0.3 is 6.18 Å². The van der Waals surface area contributed by atoms with Gasteiger partial charge in [0, 0.05) is 62.1 Å². The molecule has 2 aromatic carbocycles. The van der Waals surface area contributed by atoms with Crippen LogP contribution in [-0.4, -0.2) is 52.9 Å². The zero-order chi connectivity index (χ0) is 28.0. The maximum atomic E-state index is 13.5. The third kappa shape index (κ3) is 7.47. The average molecular weight is 537 g/mol. The molecule has 4 rings (SSSR count). The summed E-state index contributed by atoms with van der Waals surface area (Å²) in [5.41, 5.74) is 2.90. The molecule has 1 saturated heterocycles. The van der Waals surface area contributed by atoms with Crippen molar-refractivity contribution in [2.75, 3.05) is 25.0 Å². The second-order valence-electron chi connectivity index (χ2n) is 10.2. The molecule has 1 aliphatic rings. The van der Waals surface area contributed by atoms with Gasteiger partial charge in [0.25, 0.3) is 0 Å². The van der Waals surface area contributed by atoms with Crippen molar-refractivity contribution in [2.45, 2.75) is 51.5 Å². The summed E-state index contributed by atoms with van der Waals surface area (Å²) in [5.74, 6) is -0.150. The summed E-state index contributed by atoms with van der Waals surface area (Å²) in [6.45, 7) is 6.58. The molecule has 5 nitrogen and oxygen atoms in total. The van der Waals surface area contributed by atoms with Crippen LogP contribution >= 0.6 is 0 Å². The first kappa shape index (κ1) is 28.4. The quantitative estimate of drug-likeness (QED) is 0.298. The van der Waals surface area contributed by atoms with Gasteiger partial charge in [0.2, 0.25) is 5.91 Å². The maximum absolute atomic E-state index is 13.5. The molecular formula is C31H35F3N4O. The Morgan fingerprint density at radius 2 is 1.67 bits per heavy atom. The molecule has 1 fully saturated rings. The van der Waals surface area contributed by atoms with E-state index in [-0.39, 0.29) is 11.9 Å². The number of pyridine rings is 1. The van der Waals surface area contributed by atoms with Crippen molar-refractivity contribution in [2.24, 2.45) is 0 Å². The Hall–Kier alpha value is -3.65. The summed E-state index contributed by atoms with van der Waals surface area (Å²) >= 11 is 0. The molecule has 0 saturated carbocycles. The van der Waals surface area contributed by atoms with Crippen molar-refractivity contribution < 1.29 is 18.0 Å². The maximum Gasteiger partial charge on any atom is 0.416 e. The first-order valence-corrected chi connectivity index (χ1v) is 13.2. The first-order valence-electron chi connectivity index (χ1n) is 13.2. The summed E-state index contributed by atoms with van der Waals surface area (Å²) < 4.78 is 38.7. The lowest BCUT2D eigenvalue weighted by Crippen LogP contribution is -2.51. The van der Waals surface area contributed by atoms with E-state index >= 15 is 0 Å². The first-order chi connectivity index (χ1) is 18.6. The van der Waals surface area contributed by atoms with Gasteiger partial charge in [-0.2, -0.15) is 13.2 Å². The molecular weight excluding hydrogens is 501 g/mol. The smallest absolute Gasteiger partial charge is 0.345 e. The number of hydrogen-bond acceptors (Lipinski definition) is 4. The molecule has 0 spiro atoms. The van der Waals surface area contributed by atoms with Crippen LogP contribution in [0.1, 0.15) is 43.4 Å². The van der Waals surface area contributed by atoms with Crippen molar-refractivity contribution in [1.29, 1.82) is 0 Å². The van der Waals surface area contributed by atoms with Crippen LogP contribution in [0.5, 0.6) is 0 Å². The van der Waals surface area contributed by atoms with Gasteiger partial charge in [-0.1, -0.05) is 24.3 Å². The third-order valence-electron chi connectivity index (χ3n) is 7.27. The summed E-state index contributed by atoms with van der Waals surface area (Å²) in [6.07, 6.45) is 4.10. The van der Waals surface area contributed by atoms with Crippen LogP contribution in [0.15, 0.2) is 79.1 Å². The molecule has 8 heteroatoms. The average Bonchev–Trinajstić information content (AvgIpc) is 2.95. The number of benzene rings is 2. The van der Waals surface area contributed by atoms with Crippen LogP contribution in [0.25, 0.3) is 6.08 Å². The molecule has 1 amide bonds. The van der Waals surface area contributed by atoms with E-state index in [0.717, 1.165) is 55.0 Å².